The van der Waals surface area contributed by atoms with E-state index in [1.54, 1.807) is 0 Å². The number of aromatic nitrogens is 2. The standard InChI is InChI=1S/C16H20N4/c17-10-15-8-4-5-9-20(15)16-18-11-14(12-19-16)13-6-2-1-3-7-13/h1-3,6-7,11-12,15H,4-5,8-10,17H2. The van der Waals surface area contributed by atoms with Gasteiger partial charge in [0.15, 0.2) is 0 Å². The SMILES string of the molecule is NCC1CCCCN1c1ncc(-c2ccccc2)cn1. The van der Waals surface area contributed by atoms with Crippen molar-refractivity contribution < 1.29 is 0 Å². The Kier molecular flexibility index (Phi) is 3.92. The second kappa shape index (κ2) is 6.01. The molecule has 0 spiro atoms. The molecule has 1 aromatic heterocycles. The van der Waals surface area contributed by atoms with Crippen molar-refractivity contribution in [2.75, 3.05) is 18.0 Å². The van der Waals surface area contributed by atoms with E-state index in [4.69, 9.17) is 5.73 Å². The van der Waals surface area contributed by atoms with Crippen LogP contribution in [0, 0.1) is 0 Å². The Bertz CT molecular complexity index is 538. The molecule has 0 radical (unpaired) electrons. The number of hydrogen-bond acceptors (Lipinski definition) is 4. The molecular formula is C16H20N4. The molecule has 3 rings (SSSR count). The van der Waals surface area contributed by atoms with Gasteiger partial charge in [0, 0.05) is 37.1 Å². The van der Waals surface area contributed by atoms with Crippen LogP contribution in [0.5, 0.6) is 0 Å². The molecule has 1 saturated heterocycles. The summed E-state index contributed by atoms with van der Waals surface area (Å²) in [6.45, 7) is 1.68. The van der Waals surface area contributed by atoms with Crippen molar-refractivity contribution in [3.05, 3.63) is 42.7 Å². The van der Waals surface area contributed by atoms with Gasteiger partial charge in [0.1, 0.15) is 0 Å². The molecule has 1 fully saturated rings. The van der Waals surface area contributed by atoms with Crippen LogP contribution in [0.15, 0.2) is 42.7 Å². The molecular weight excluding hydrogens is 248 g/mol. The zero-order valence-electron chi connectivity index (χ0n) is 11.6. The second-order valence-corrected chi connectivity index (χ2v) is 5.22. The molecule has 2 aromatic rings. The van der Waals surface area contributed by atoms with Crippen molar-refractivity contribution in [2.24, 2.45) is 5.73 Å². The van der Waals surface area contributed by atoms with E-state index in [-0.39, 0.29) is 0 Å². The molecule has 0 amide bonds. The highest BCUT2D eigenvalue weighted by Gasteiger charge is 2.23. The van der Waals surface area contributed by atoms with Crippen molar-refractivity contribution in [2.45, 2.75) is 25.3 Å². The molecule has 104 valence electrons. The lowest BCUT2D eigenvalue weighted by atomic mass is 10.0. The van der Waals surface area contributed by atoms with E-state index in [1.165, 1.54) is 12.8 Å². The summed E-state index contributed by atoms with van der Waals surface area (Å²) < 4.78 is 0. The van der Waals surface area contributed by atoms with Gasteiger partial charge in [-0.25, -0.2) is 9.97 Å². The predicted molar refractivity (Wildman–Crippen MR) is 81.5 cm³/mol. The Balaban J connectivity index is 1.82. The van der Waals surface area contributed by atoms with E-state index >= 15 is 0 Å². The topological polar surface area (TPSA) is 55.0 Å². The number of nitrogens with two attached hydrogens (primary N) is 1. The van der Waals surface area contributed by atoms with Gasteiger partial charge in [0.25, 0.3) is 0 Å². The van der Waals surface area contributed by atoms with Crippen LogP contribution in [0.4, 0.5) is 5.95 Å². The first kappa shape index (κ1) is 13.1. The maximum absolute atomic E-state index is 5.85. The zero-order valence-corrected chi connectivity index (χ0v) is 11.6. The number of nitrogens with zero attached hydrogens (tertiary/aromatic N) is 3. The Hall–Kier alpha value is -1.94. The van der Waals surface area contributed by atoms with Crippen LogP contribution < -0.4 is 10.6 Å². The minimum absolute atomic E-state index is 0.381. The number of rotatable bonds is 3. The first-order valence-corrected chi connectivity index (χ1v) is 7.22. The van der Waals surface area contributed by atoms with Crippen LogP contribution in [-0.4, -0.2) is 29.1 Å². The largest absolute Gasteiger partial charge is 0.337 e. The average molecular weight is 268 g/mol. The molecule has 0 bridgehead atoms. The van der Waals surface area contributed by atoms with Gasteiger partial charge in [-0.1, -0.05) is 30.3 Å². The summed E-state index contributed by atoms with van der Waals surface area (Å²) >= 11 is 0. The third-order valence-corrected chi connectivity index (χ3v) is 3.90. The van der Waals surface area contributed by atoms with Gasteiger partial charge in [-0.05, 0) is 24.8 Å². The van der Waals surface area contributed by atoms with Gasteiger partial charge in [0.05, 0.1) is 0 Å². The lowest BCUT2D eigenvalue weighted by molar-refractivity contribution is 0.458. The Labute approximate surface area is 119 Å². The van der Waals surface area contributed by atoms with E-state index in [9.17, 15) is 0 Å². The van der Waals surface area contributed by atoms with Crippen molar-refractivity contribution in [3.63, 3.8) is 0 Å². The molecule has 1 unspecified atom stereocenters. The maximum Gasteiger partial charge on any atom is 0.225 e. The van der Waals surface area contributed by atoms with Crippen LogP contribution in [0.2, 0.25) is 0 Å². The highest BCUT2D eigenvalue weighted by Crippen LogP contribution is 2.23. The van der Waals surface area contributed by atoms with Crippen LogP contribution >= 0.6 is 0 Å². The average Bonchev–Trinajstić information content (AvgIpc) is 2.56. The van der Waals surface area contributed by atoms with Crippen molar-refractivity contribution in [3.8, 4) is 11.1 Å². The van der Waals surface area contributed by atoms with Gasteiger partial charge in [-0.3, -0.25) is 0 Å². The third-order valence-electron chi connectivity index (χ3n) is 3.90. The van der Waals surface area contributed by atoms with Gasteiger partial charge in [0.2, 0.25) is 5.95 Å². The molecule has 0 aliphatic carbocycles. The lowest BCUT2D eigenvalue weighted by Crippen LogP contribution is -2.45. The number of anilines is 1. The highest BCUT2D eigenvalue weighted by atomic mass is 15.3. The van der Waals surface area contributed by atoms with Crippen LogP contribution in [0.25, 0.3) is 11.1 Å². The van der Waals surface area contributed by atoms with Gasteiger partial charge in [-0.2, -0.15) is 0 Å². The summed E-state index contributed by atoms with van der Waals surface area (Å²) in [5, 5.41) is 0. The molecule has 2 N–H and O–H groups in total. The van der Waals surface area contributed by atoms with Crippen LogP contribution in [0.1, 0.15) is 19.3 Å². The summed E-state index contributed by atoms with van der Waals surface area (Å²) in [6.07, 6.45) is 7.39. The molecule has 1 aliphatic rings. The van der Waals surface area contributed by atoms with Crippen molar-refractivity contribution in [1.82, 2.24) is 9.97 Å². The van der Waals surface area contributed by atoms with E-state index in [1.807, 2.05) is 30.6 Å². The molecule has 1 aromatic carbocycles. The first-order chi connectivity index (χ1) is 9.88. The fraction of sp³-hybridized carbons (Fsp3) is 0.375. The normalized spacial score (nSPS) is 19.1. The Morgan fingerprint density at radius 2 is 1.80 bits per heavy atom. The molecule has 4 heteroatoms. The van der Waals surface area contributed by atoms with Crippen LogP contribution in [-0.2, 0) is 0 Å². The number of piperidine rings is 1. The lowest BCUT2D eigenvalue weighted by Gasteiger charge is -2.34. The molecule has 20 heavy (non-hydrogen) atoms. The summed E-state index contributed by atoms with van der Waals surface area (Å²) in [4.78, 5) is 11.3. The minimum atomic E-state index is 0.381. The van der Waals surface area contributed by atoms with E-state index in [0.717, 1.165) is 30.0 Å². The van der Waals surface area contributed by atoms with Crippen LogP contribution in [0.3, 0.4) is 0 Å². The monoisotopic (exact) mass is 268 g/mol. The first-order valence-electron chi connectivity index (χ1n) is 7.22. The third kappa shape index (κ3) is 2.65. The molecule has 0 saturated carbocycles. The van der Waals surface area contributed by atoms with E-state index in [0.29, 0.717) is 12.6 Å². The Morgan fingerprint density at radius 3 is 2.50 bits per heavy atom. The quantitative estimate of drug-likeness (QED) is 0.929. The fourth-order valence-electron chi connectivity index (χ4n) is 2.76. The molecule has 1 atom stereocenters. The molecule has 4 nitrogen and oxygen atoms in total. The van der Waals surface area contributed by atoms with Crippen molar-refractivity contribution >= 4 is 5.95 Å². The van der Waals surface area contributed by atoms with Gasteiger partial charge < -0.3 is 10.6 Å². The summed E-state index contributed by atoms with van der Waals surface area (Å²) in [6, 6.07) is 10.6. The summed E-state index contributed by atoms with van der Waals surface area (Å²) in [5.41, 5.74) is 8.05. The minimum Gasteiger partial charge on any atom is -0.337 e. The highest BCUT2D eigenvalue weighted by molar-refractivity contribution is 5.61. The summed E-state index contributed by atoms with van der Waals surface area (Å²) in [7, 11) is 0. The molecule has 1 aliphatic heterocycles. The maximum atomic E-state index is 5.85. The second-order valence-electron chi connectivity index (χ2n) is 5.22. The molecule has 2 heterocycles. The van der Waals surface area contributed by atoms with Gasteiger partial charge >= 0.3 is 0 Å². The van der Waals surface area contributed by atoms with E-state index < -0.39 is 0 Å². The fourth-order valence-corrected chi connectivity index (χ4v) is 2.76. The van der Waals surface area contributed by atoms with Gasteiger partial charge in [-0.15, -0.1) is 0 Å². The zero-order chi connectivity index (χ0) is 13.8. The number of benzene rings is 1. The number of hydrogen-bond donors (Lipinski definition) is 1. The van der Waals surface area contributed by atoms with E-state index in [2.05, 4.69) is 27.0 Å². The van der Waals surface area contributed by atoms with Crippen molar-refractivity contribution in [1.29, 1.82) is 0 Å². The smallest absolute Gasteiger partial charge is 0.225 e. The predicted octanol–water partition coefficient (Wildman–Crippen LogP) is 2.46. The summed E-state index contributed by atoms with van der Waals surface area (Å²) in [5.74, 6) is 0.805. The Morgan fingerprint density at radius 1 is 1.05 bits per heavy atom.